The zero-order chi connectivity index (χ0) is 12.8. The second-order valence-electron chi connectivity index (χ2n) is 4.85. The normalized spacial score (nSPS) is 16.3. The minimum absolute atomic E-state index is 0.156. The molecule has 0 saturated carbocycles. The van der Waals surface area contributed by atoms with Gasteiger partial charge in [-0.3, -0.25) is 0 Å². The first-order chi connectivity index (χ1) is 8.75. The Balaban J connectivity index is 1.64. The molecule has 2 rings (SSSR count). The lowest BCUT2D eigenvalue weighted by Crippen LogP contribution is -2.24. The highest BCUT2D eigenvalue weighted by molar-refractivity contribution is 5.32. The molecular formula is C14H21FN2O. The summed E-state index contributed by atoms with van der Waals surface area (Å²) in [5.41, 5.74) is 0.621. The van der Waals surface area contributed by atoms with Crippen molar-refractivity contribution < 1.29 is 9.50 Å². The Hall–Kier alpha value is -1.13. The lowest BCUT2D eigenvalue weighted by atomic mass is 10.2. The molecule has 0 amide bonds. The summed E-state index contributed by atoms with van der Waals surface area (Å²) in [5.74, 6) is -0.148. The molecule has 1 fully saturated rings. The summed E-state index contributed by atoms with van der Waals surface area (Å²) in [6.07, 6.45) is 3.74. The average molecular weight is 252 g/mol. The molecule has 1 aliphatic heterocycles. The molecule has 18 heavy (non-hydrogen) atoms. The van der Waals surface area contributed by atoms with Crippen LogP contribution in [0.15, 0.2) is 18.2 Å². The topological polar surface area (TPSA) is 35.5 Å². The Morgan fingerprint density at radius 1 is 1.28 bits per heavy atom. The standard InChI is InChI=1S/C14H21FN2O/c15-13-4-5-14(18)12(10-13)11-16-6-3-9-17-7-1-2-8-17/h4-5,10,16,18H,1-3,6-9,11H2. The van der Waals surface area contributed by atoms with E-state index in [9.17, 15) is 9.50 Å². The third-order valence-corrected chi connectivity index (χ3v) is 3.38. The van der Waals surface area contributed by atoms with Gasteiger partial charge in [0.25, 0.3) is 0 Å². The number of hydrogen-bond acceptors (Lipinski definition) is 3. The number of phenolic OH excluding ortho intramolecular Hbond substituents is 1. The highest BCUT2D eigenvalue weighted by Gasteiger charge is 2.10. The number of benzene rings is 1. The van der Waals surface area contributed by atoms with Gasteiger partial charge in [-0.15, -0.1) is 0 Å². The van der Waals surface area contributed by atoms with Gasteiger partial charge in [-0.2, -0.15) is 0 Å². The van der Waals surface area contributed by atoms with Gasteiger partial charge in [0.2, 0.25) is 0 Å². The summed E-state index contributed by atoms with van der Waals surface area (Å²) in [6.45, 7) is 4.99. The Morgan fingerprint density at radius 2 is 2.06 bits per heavy atom. The van der Waals surface area contributed by atoms with E-state index in [4.69, 9.17) is 0 Å². The molecule has 1 saturated heterocycles. The maximum Gasteiger partial charge on any atom is 0.123 e. The molecule has 0 atom stereocenters. The largest absolute Gasteiger partial charge is 0.508 e. The summed E-state index contributed by atoms with van der Waals surface area (Å²) >= 11 is 0. The smallest absolute Gasteiger partial charge is 0.123 e. The second kappa shape index (κ2) is 6.71. The molecule has 100 valence electrons. The quantitative estimate of drug-likeness (QED) is 0.761. The van der Waals surface area contributed by atoms with Crippen LogP contribution < -0.4 is 5.32 Å². The zero-order valence-electron chi connectivity index (χ0n) is 10.7. The maximum atomic E-state index is 13.0. The van der Waals surface area contributed by atoms with Crippen LogP contribution in [-0.4, -0.2) is 36.2 Å². The van der Waals surface area contributed by atoms with Crippen molar-refractivity contribution in [1.29, 1.82) is 0 Å². The number of likely N-dealkylation sites (tertiary alicyclic amines) is 1. The molecule has 1 aromatic carbocycles. The number of halogens is 1. The Morgan fingerprint density at radius 3 is 2.83 bits per heavy atom. The van der Waals surface area contributed by atoms with Gasteiger partial charge >= 0.3 is 0 Å². The molecular weight excluding hydrogens is 231 g/mol. The van der Waals surface area contributed by atoms with Gasteiger partial charge in [0.05, 0.1) is 0 Å². The monoisotopic (exact) mass is 252 g/mol. The van der Waals surface area contributed by atoms with Gasteiger partial charge in [0, 0.05) is 12.1 Å². The van der Waals surface area contributed by atoms with Crippen molar-refractivity contribution in [2.45, 2.75) is 25.8 Å². The van der Waals surface area contributed by atoms with E-state index in [1.54, 1.807) is 0 Å². The van der Waals surface area contributed by atoms with Crippen LogP contribution in [-0.2, 0) is 6.54 Å². The Bertz CT molecular complexity index is 378. The van der Waals surface area contributed by atoms with E-state index in [2.05, 4.69) is 10.2 Å². The van der Waals surface area contributed by atoms with E-state index < -0.39 is 0 Å². The number of phenols is 1. The van der Waals surface area contributed by atoms with Crippen LogP contribution in [0.1, 0.15) is 24.8 Å². The lowest BCUT2D eigenvalue weighted by molar-refractivity contribution is 0.331. The molecule has 1 heterocycles. The summed E-state index contributed by atoms with van der Waals surface area (Å²) in [6, 6.07) is 4.05. The van der Waals surface area contributed by atoms with Crippen LogP contribution >= 0.6 is 0 Å². The molecule has 0 spiro atoms. The van der Waals surface area contributed by atoms with Gasteiger partial charge in [-0.05, 0) is 63.6 Å². The Kier molecular flexibility index (Phi) is 4.96. The fourth-order valence-electron chi connectivity index (χ4n) is 2.35. The molecule has 0 radical (unpaired) electrons. The van der Waals surface area contributed by atoms with Crippen LogP contribution in [0.3, 0.4) is 0 Å². The van der Waals surface area contributed by atoms with Gasteiger partial charge in [-0.25, -0.2) is 4.39 Å². The van der Waals surface area contributed by atoms with E-state index in [-0.39, 0.29) is 11.6 Å². The van der Waals surface area contributed by atoms with E-state index in [1.807, 2.05) is 0 Å². The number of aromatic hydroxyl groups is 1. The van der Waals surface area contributed by atoms with Crippen LogP contribution in [0.4, 0.5) is 4.39 Å². The van der Waals surface area contributed by atoms with Crippen molar-refractivity contribution in [3.05, 3.63) is 29.6 Å². The molecule has 1 aromatic rings. The summed E-state index contributed by atoms with van der Waals surface area (Å²) in [5, 5.41) is 12.8. The molecule has 0 aliphatic carbocycles. The van der Waals surface area contributed by atoms with Crippen molar-refractivity contribution in [2.75, 3.05) is 26.2 Å². The van der Waals surface area contributed by atoms with E-state index in [0.29, 0.717) is 12.1 Å². The SMILES string of the molecule is Oc1ccc(F)cc1CNCCCN1CCCC1. The van der Waals surface area contributed by atoms with Gasteiger partial charge in [0.15, 0.2) is 0 Å². The molecule has 3 nitrogen and oxygen atoms in total. The number of rotatable bonds is 6. The van der Waals surface area contributed by atoms with Gasteiger partial charge in [0.1, 0.15) is 11.6 Å². The van der Waals surface area contributed by atoms with Crippen molar-refractivity contribution in [3.8, 4) is 5.75 Å². The summed E-state index contributed by atoms with van der Waals surface area (Å²) < 4.78 is 13.0. The number of hydrogen-bond donors (Lipinski definition) is 2. The first kappa shape index (κ1) is 13.3. The molecule has 0 bridgehead atoms. The number of nitrogens with zero attached hydrogens (tertiary/aromatic N) is 1. The van der Waals surface area contributed by atoms with Crippen LogP contribution in [0, 0.1) is 5.82 Å². The Labute approximate surface area is 108 Å². The minimum Gasteiger partial charge on any atom is -0.508 e. The van der Waals surface area contributed by atoms with Crippen molar-refractivity contribution in [1.82, 2.24) is 10.2 Å². The minimum atomic E-state index is -0.304. The molecule has 0 aromatic heterocycles. The molecule has 1 aliphatic rings. The van der Waals surface area contributed by atoms with Crippen molar-refractivity contribution in [3.63, 3.8) is 0 Å². The van der Waals surface area contributed by atoms with Gasteiger partial charge < -0.3 is 15.3 Å². The predicted molar refractivity (Wildman–Crippen MR) is 70.1 cm³/mol. The fourth-order valence-corrected chi connectivity index (χ4v) is 2.35. The average Bonchev–Trinajstić information content (AvgIpc) is 2.86. The van der Waals surface area contributed by atoms with Crippen LogP contribution in [0.2, 0.25) is 0 Å². The highest BCUT2D eigenvalue weighted by Crippen LogP contribution is 2.17. The van der Waals surface area contributed by atoms with Crippen LogP contribution in [0.5, 0.6) is 5.75 Å². The third kappa shape index (κ3) is 3.96. The number of nitrogens with one attached hydrogen (secondary N) is 1. The van der Waals surface area contributed by atoms with E-state index in [0.717, 1.165) is 19.5 Å². The van der Waals surface area contributed by atoms with E-state index >= 15 is 0 Å². The molecule has 2 N–H and O–H groups in total. The highest BCUT2D eigenvalue weighted by atomic mass is 19.1. The maximum absolute atomic E-state index is 13.0. The molecule has 4 heteroatoms. The third-order valence-electron chi connectivity index (χ3n) is 3.38. The molecule has 0 unspecified atom stereocenters. The van der Waals surface area contributed by atoms with Gasteiger partial charge in [-0.1, -0.05) is 0 Å². The summed E-state index contributed by atoms with van der Waals surface area (Å²) in [7, 11) is 0. The first-order valence-corrected chi connectivity index (χ1v) is 6.66. The second-order valence-corrected chi connectivity index (χ2v) is 4.85. The lowest BCUT2D eigenvalue weighted by Gasteiger charge is -2.14. The van der Waals surface area contributed by atoms with Crippen molar-refractivity contribution in [2.24, 2.45) is 0 Å². The first-order valence-electron chi connectivity index (χ1n) is 6.66. The zero-order valence-corrected chi connectivity index (χ0v) is 10.7. The predicted octanol–water partition coefficient (Wildman–Crippen LogP) is 2.11. The van der Waals surface area contributed by atoms with Crippen molar-refractivity contribution >= 4 is 0 Å². The van der Waals surface area contributed by atoms with Crippen LogP contribution in [0.25, 0.3) is 0 Å². The van der Waals surface area contributed by atoms with E-state index in [1.165, 1.54) is 44.1 Å². The fraction of sp³-hybridized carbons (Fsp3) is 0.571. The summed E-state index contributed by atoms with van der Waals surface area (Å²) in [4.78, 5) is 2.47.